The predicted molar refractivity (Wildman–Crippen MR) is 86.9 cm³/mol. The van der Waals surface area contributed by atoms with E-state index in [9.17, 15) is 0 Å². The maximum absolute atomic E-state index is 5.43. The van der Waals surface area contributed by atoms with Crippen molar-refractivity contribution in [2.24, 2.45) is 0 Å². The fourth-order valence-electron chi connectivity index (χ4n) is 1.85. The van der Waals surface area contributed by atoms with Crippen LogP contribution in [0.15, 0.2) is 54.6 Å². The first-order valence-corrected chi connectivity index (χ1v) is 6.84. The second-order valence-corrected chi connectivity index (χ2v) is 6.06. The molecule has 1 N–H and O–H groups in total. The lowest BCUT2D eigenvalue weighted by Gasteiger charge is -2.19. The second-order valence-electron chi connectivity index (χ2n) is 5.65. The summed E-state index contributed by atoms with van der Waals surface area (Å²) in [5.41, 5.74) is 3.56. The highest BCUT2D eigenvalue weighted by atomic mass is 32.1. The zero-order valence-corrected chi connectivity index (χ0v) is 12.4. The third-order valence-electron chi connectivity index (χ3n) is 3.04. The number of benzene rings is 2. The van der Waals surface area contributed by atoms with Gasteiger partial charge in [-0.3, -0.25) is 0 Å². The largest absolute Gasteiger partial charge is 0.346 e. The van der Waals surface area contributed by atoms with Crippen LogP contribution in [0, 0.1) is 0 Å². The molecule has 0 aliphatic heterocycles. The molecule has 0 radical (unpaired) electrons. The van der Waals surface area contributed by atoms with Crippen molar-refractivity contribution < 1.29 is 0 Å². The molecule has 0 amide bonds. The first-order chi connectivity index (χ1) is 8.97. The van der Waals surface area contributed by atoms with Gasteiger partial charge in [-0.05, 0) is 23.1 Å². The summed E-state index contributed by atoms with van der Waals surface area (Å²) in [4.78, 5) is 0.756. The van der Waals surface area contributed by atoms with Crippen molar-refractivity contribution in [3.63, 3.8) is 0 Å². The highest BCUT2D eigenvalue weighted by Gasteiger charge is 2.13. The van der Waals surface area contributed by atoms with Gasteiger partial charge in [0.05, 0.1) is 0 Å². The quantitative estimate of drug-likeness (QED) is 0.788. The van der Waals surface area contributed by atoms with Crippen LogP contribution in [0.3, 0.4) is 0 Å². The van der Waals surface area contributed by atoms with Gasteiger partial charge in [0, 0.05) is 11.3 Å². The molecular formula is C17H19NS. The summed E-state index contributed by atoms with van der Waals surface area (Å²) < 4.78 is 0. The van der Waals surface area contributed by atoms with Crippen LogP contribution >= 0.6 is 12.2 Å². The molecule has 2 aromatic rings. The number of anilines is 1. The van der Waals surface area contributed by atoms with E-state index in [2.05, 4.69) is 50.4 Å². The van der Waals surface area contributed by atoms with Crippen molar-refractivity contribution in [3.05, 3.63) is 65.7 Å². The van der Waals surface area contributed by atoms with Crippen molar-refractivity contribution in [1.29, 1.82) is 0 Å². The molecule has 0 saturated carbocycles. The van der Waals surface area contributed by atoms with Gasteiger partial charge in [-0.2, -0.15) is 0 Å². The van der Waals surface area contributed by atoms with Gasteiger partial charge in [0.1, 0.15) is 4.99 Å². The molecule has 98 valence electrons. The van der Waals surface area contributed by atoms with Crippen LogP contribution in [0.4, 0.5) is 5.69 Å². The van der Waals surface area contributed by atoms with Gasteiger partial charge >= 0.3 is 0 Å². The molecule has 0 atom stereocenters. The molecule has 19 heavy (non-hydrogen) atoms. The Balaban J connectivity index is 2.12. The normalized spacial score (nSPS) is 11.1. The van der Waals surface area contributed by atoms with Crippen LogP contribution in [-0.4, -0.2) is 4.99 Å². The fourth-order valence-corrected chi connectivity index (χ4v) is 2.10. The van der Waals surface area contributed by atoms with Gasteiger partial charge in [0.2, 0.25) is 0 Å². The second kappa shape index (κ2) is 5.54. The van der Waals surface area contributed by atoms with Crippen LogP contribution in [0.1, 0.15) is 31.9 Å². The SMILES string of the molecule is CC(C)(C)c1ccc(C(=S)Nc2ccccc2)cc1. The van der Waals surface area contributed by atoms with E-state index in [-0.39, 0.29) is 5.41 Å². The molecular weight excluding hydrogens is 250 g/mol. The van der Waals surface area contributed by atoms with E-state index in [1.54, 1.807) is 0 Å². The van der Waals surface area contributed by atoms with E-state index < -0.39 is 0 Å². The molecule has 1 nitrogen and oxygen atoms in total. The number of thiocarbonyl (C=S) groups is 1. The van der Waals surface area contributed by atoms with Gasteiger partial charge in [-0.25, -0.2) is 0 Å². The number of nitrogens with one attached hydrogen (secondary N) is 1. The maximum atomic E-state index is 5.43. The number of para-hydroxylation sites is 1. The zero-order valence-electron chi connectivity index (χ0n) is 11.6. The Morgan fingerprint density at radius 3 is 2.00 bits per heavy atom. The Morgan fingerprint density at radius 1 is 0.895 bits per heavy atom. The van der Waals surface area contributed by atoms with Crippen LogP contribution in [0.25, 0.3) is 0 Å². The average Bonchev–Trinajstić information content (AvgIpc) is 2.39. The highest BCUT2D eigenvalue weighted by molar-refractivity contribution is 7.81. The minimum Gasteiger partial charge on any atom is -0.346 e. The minimum atomic E-state index is 0.174. The molecule has 0 aromatic heterocycles. The molecule has 2 heteroatoms. The summed E-state index contributed by atoms with van der Waals surface area (Å²) in [5.74, 6) is 0. The molecule has 0 heterocycles. The Bertz CT molecular complexity index is 550. The first-order valence-electron chi connectivity index (χ1n) is 6.44. The molecule has 2 rings (SSSR count). The lowest BCUT2D eigenvalue weighted by molar-refractivity contribution is 0.590. The van der Waals surface area contributed by atoms with E-state index in [1.807, 2.05) is 30.3 Å². The van der Waals surface area contributed by atoms with Crippen molar-refractivity contribution in [3.8, 4) is 0 Å². The number of hydrogen-bond donors (Lipinski definition) is 1. The minimum absolute atomic E-state index is 0.174. The standard InChI is InChI=1S/C17H19NS/c1-17(2,3)14-11-9-13(10-12-14)16(19)18-15-7-5-4-6-8-15/h4-12H,1-3H3,(H,18,19). The van der Waals surface area contributed by atoms with Crippen LogP contribution in [0.5, 0.6) is 0 Å². The van der Waals surface area contributed by atoms with E-state index in [4.69, 9.17) is 12.2 Å². The van der Waals surface area contributed by atoms with Crippen molar-refractivity contribution in [1.82, 2.24) is 0 Å². The van der Waals surface area contributed by atoms with Gasteiger partial charge in [0.25, 0.3) is 0 Å². The van der Waals surface area contributed by atoms with Crippen molar-refractivity contribution in [2.75, 3.05) is 5.32 Å². The molecule has 0 saturated heterocycles. The summed E-state index contributed by atoms with van der Waals surface area (Å²) in [7, 11) is 0. The molecule has 0 aliphatic carbocycles. The Labute approximate surface area is 120 Å². The lowest BCUT2D eigenvalue weighted by atomic mass is 9.87. The maximum Gasteiger partial charge on any atom is 0.110 e. The van der Waals surface area contributed by atoms with E-state index in [1.165, 1.54) is 5.56 Å². The average molecular weight is 269 g/mol. The zero-order chi connectivity index (χ0) is 13.9. The lowest BCUT2D eigenvalue weighted by Crippen LogP contribution is -2.13. The van der Waals surface area contributed by atoms with Crippen LogP contribution in [-0.2, 0) is 5.41 Å². The number of hydrogen-bond acceptors (Lipinski definition) is 1. The summed E-state index contributed by atoms with van der Waals surface area (Å²) in [6.07, 6.45) is 0. The summed E-state index contributed by atoms with van der Waals surface area (Å²) >= 11 is 5.43. The fraction of sp³-hybridized carbons (Fsp3) is 0.235. The first kappa shape index (κ1) is 13.8. The van der Waals surface area contributed by atoms with Crippen molar-refractivity contribution >= 4 is 22.9 Å². The van der Waals surface area contributed by atoms with Crippen molar-refractivity contribution in [2.45, 2.75) is 26.2 Å². The summed E-state index contributed by atoms with van der Waals surface area (Å²) in [5, 5.41) is 3.25. The molecule has 0 unspecified atom stereocenters. The molecule has 0 bridgehead atoms. The van der Waals surface area contributed by atoms with Gasteiger partial charge in [-0.1, -0.05) is 75.5 Å². The topological polar surface area (TPSA) is 12.0 Å². The van der Waals surface area contributed by atoms with Crippen LogP contribution < -0.4 is 5.32 Å². The Morgan fingerprint density at radius 2 is 1.47 bits per heavy atom. The third-order valence-corrected chi connectivity index (χ3v) is 3.38. The number of rotatable bonds is 2. The predicted octanol–water partition coefficient (Wildman–Crippen LogP) is 4.77. The highest BCUT2D eigenvalue weighted by Crippen LogP contribution is 2.22. The van der Waals surface area contributed by atoms with Gasteiger partial charge in [-0.15, -0.1) is 0 Å². The van der Waals surface area contributed by atoms with E-state index in [0.717, 1.165) is 16.2 Å². The van der Waals surface area contributed by atoms with E-state index >= 15 is 0 Å². The molecule has 0 aliphatic rings. The van der Waals surface area contributed by atoms with Crippen LogP contribution in [0.2, 0.25) is 0 Å². The van der Waals surface area contributed by atoms with E-state index in [0.29, 0.717) is 0 Å². The summed E-state index contributed by atoms with van der Waals surface area (Å²) in [6, 6.07) is 18.5. The van der Waals surface area contributed by atoms with Gasteiger partial charge < -0.3 is 5.32 Å². The molecule has 2 aromatic carbocycles. The summed E-state index contributed by atoms with van der Waals surface area (Å²) in [6.45, 7) is 6.63. The molecule has 0 fully saturated rings. The smallest absolute Gasteiger partial charge is 0.110 e. The Hall–Kier alpha value is -1.67. The monoisotopic (exact) mass is 269 g/mol. The van der Waals surface area contributed by atoms with Gasteiger partial charge in [0.15, 0.2) is 0 Å². The Kier molecular flexibility index (Phi) is 4.01. The third kappa shape index (κ3) is 3.65. The molecule has 0 spiro atoms.